The van der Waals surface area contributed by atoms with Crippen LogP contribution in [-0.4, -0.2) is 11.4 Å². The van der Waals surface area contributed by atoms with Crippen LogP contribution in [0.2, 0.25) is 5.02 Å². The number of halogens is 2. The third-order valence-corrected chi connectivity index (χ3v) is 4.19. The van der Waals surface area contributed by atoms with E-state index in [0.29, 0.717) is 6.54 Å². The molecule has 20 heavy (non-hydrogen) atoms. The largest absolute Gasteiger partial charge is 0.329 e. The minimum absolute atomic E-state index is 0.175. The fraction of sp³-hybridized carbons (Fsp3) is 0.250. The highest BCUT2D eigenvalue weighted by Crippen LogP contribution is 2.37. The standard InChI is InChI=1S/C16H16ClFN2/c17-15-3-1-2-13-14(15)10-20(16(13)8-19)9-11-4-6-12(18)7-5-11/h1-7,16H,8-10,19H2. The first-order valence-corrected chi connectivity index (χ1v) is 7.02. The van der Waals surface area contributed by atoms with Gasteiger partial charge in [0.1, 0.15) is 5.82 Å². The quantitative estimate of drug-likeness (QED) is 0.937. The molecule has 1 aliphatic heterocycles. The molecule has 0 aromatic heterocycles. The molecule has 1 unspecified atom stereocenters. The van der Waals surface area contributed by atoms with Crippen molar-refractivity contribution in [2.75, 3.05) is 6.54 Å². The van der Waals surface area contributed by atoms with E-state index in [-0.39, 0.29) is 11.9 Å². The van der Waals surface area contributed by atoms with Crippen molar-refractivity contribution < 1.29 is 4.39 Å². The Balaban J connectivity index is 1.85. The molecule has 0 radical (unpaired) electrons. The molecule has 4 heteroatoms. The number of rotatable bonds is 3. The van der Waals surface area contributed by atoms with Gasteiger partial charge in [0, 0.05) is 30.7 Å². The Morgan fingerprint density at radius 3 is 2.65 bits per heavy atom. The van der Waals surface area contributed by atoms with Gasteiger partial charge in [-0.05, 0) is 34.9 Å². The molecule has 0 spiro atoms. The van der Waals surface area contributed by atoms with E-state index in [1.54, 1.807) is 0 Å². The summed E-state index contributed by atoms with van der Waals surface area (Å²) in [5.41, 5.74) is 9.37. The van der Waals surface area contributed by atoms with Crippen LogP contribution in [0.15, 0.2) is 42.5 Å². The first kappa shape index (κ1) is 13.6. The topological polar surface area (TPSA) is 29.3 Å². The van der Waals surface area contributed by atoms with Crippen LogP contribution in [0, 0.1) is 5.82 Å². The monoisotopic (exact) mass is 290 g/mol. The second-order valence-electron chi connectivity index (χ2n) is 5.09. The smallest absolute Gasteiger partial charge is 0.123 e. The van der Waals surface area contributed by atoms with Gasteiger partial charge >= 0.3 is 0 Å². The summed E-state index contributed by atoms with van der Waals surface area (Å²) in [5.74, 6) is -0.211. The molecule has 1 atom stereocenters. The second-order valence-corrected chi connectivity index (χ2v) is 5.50. The Hall–Kier alpha value is -1.42. The van der Waals surface area contributed by atoms with Gasteiger partial charge < -0.3 is 5.73 Å². The average molecular weight is 291 g/mol. The van der Waals surface area contributed by atoms with Crippen LogP contribution in [0.5, 0.6) is 0 Å². The van der Waals surface area contributed by atoms with Gasteiger partial charge in [0.15, 0.2) is 0 Å². The van der Waals surface area contributed by atoms with Crippen LogP contribution < -0.4 is 5.73 Å². The van der Waals surface area contributed by atoms with E-state index in [9.17, 15) is 4.39 Å². The summed E-state index contributed by atoms with van der Waals surface area (Å²) < 4.78 is 13.0. The number of hydrogen-bond acceptors (Lipinski definition) is 2. The molecular weight excluding hydrogens is 275 g/mol. The number of nitrogens with zero attached hydrogens (tertiary/aromatic N) is 1. The number of fused-ring (bicyclic) bond motifs is 1. The first-order chi connectivity index (χ1) is 9.69. The van der Waals surface area contributed by atoms with Crippen molar-refractivity contribution in [1.29, 1.82) is 0 Å². The molecule has 0 saturated carbocycles. The van der Waals surface area contributed by atoms with Gasteiger partial charge in [-0.25, -0.2) is 4.39 Å². The maximum atomic E-state index is 13.0. The number of hydrogen-bond donors (Lipinski definition) is 1. The Bertz CT molecular complexity index is 612. The fourth-order valence-corrected chi connectivity index (χ4v) is 3.07. The van der Waals surface area contributed by atoms with Gasteiger partial charge in [-0.1, -0.05) is 35.9 Å². The van der Waals surface area contributed by atoms with E-state index in [2.05, 4.69) is 11.0 Å². The molecule has 3 rings (SSSR count). The van der Waals surface area contributed by atoms with E-state index in [0.717, 1.165) is 29.2 Å². The zero-order valence-electron chi connectivity index (χ0n) is 11.0. The molecule has 0 aliphatic carbocycles. The SMILES string of the molecule is NCC1c2cccc(Cl)c2CN1Cc1ccc(F)cc1. The Morgan fingerprint density at radius 1 is 1.20 bits per heavy atom. The molecule has 0 bridgehead atoms. The summed E-state index contributed by atoms with van der Waals surface area (Å²) in [5, 5.41) is 0.794. The normalized spacial score (nSPS) is 18.2. The summed E-state index contributed by atoms with van der Waals surface area (Å²) >= 11 is 6.26. The molecule has 1 aliphatic rings. The molecule has 1 heterocycles. The fourth-order valence-electron chi connectivity index (χ4n) is 2.83. The molecule has 2 N–H and O–H groups in total. The van der Waals surface area contributed by atoms with Crippen LogP contribution >= 0.6 is 11.6 Å². The third-order valence-electron chi connectivity index (χ3n) is 3.84. The molecular formula is C16H16ClFN2. The summed E-state index contributed by atoms with van der Waals surface area (Å²) in [6, 6.07) is 12.7. The molecule has 2 aromatic carbocycles. The zero-order chi connectivity index (χ0) is 14.1. The van der Waals surface area contributed by atoms with E-state index >= 15 is 0 Å². The Kier molecular flexibility index (Phi) is 3.74. The first-order valence-electron chi connectivity index (χ1n) is 6.65. The lowest BCUT2D eigenvalue weighted by molar-refractivity contribution is 0.211. The summed E-state index contributed by atoms with van der Waals surface area (Å²) in [6.45, 7) is 2.08. The maximum Gasteiger partial charge on any atom is 0.123 e. The van der Waals surface area contributed by atoms with E-state index in [1.807, 2.05) is 24.3 Å². The van der Waals surface area contributed by atoms with Crippen molar-refractivity contribution >= 4 is 11.6 Å². The van der Waals surface area contributed by atoms with Crippen LogP contribution in [0.1, 0.15) is 22.7 Å². The number of benzene rings is 2. The molecule has 0 saturated heterocycles. The van der Waals surface area contributed by atoms with Crippen molar-refractivity contribution in [2.45, 2.75) is 19.1 Å². The van der Waals surface area contributed by atoms with Gasteiger partial charge in [0.2, 0.25) is 0 Å². The lowest BCUT2D eigenvalue weighted by Crippen LogP contribution is -2.27. The minimum atomic E-state index is -0.211. The van der Waals surface area contributed by atoms with Crippen LogP contribution in [-0.2, 0) is 13.1 Å². The summed E-state index contributed by atoms with van der Waals surface area (Å²) in [6.07, 6.45) is 0. The highest BCUT2D eigenvalue weighted by molar-refractivity contribution is 6.31. The van der Waals surface area contributed by atoms with Gasteiger partial charge in [0.25, 0.3) is 0 Å². The van der Waals surface area contributed by atoms with Crippen LogP contribution in [0.3, 0.4) is 0 Å². The maximum absolute atomic E-state index is 13.0. The predicted molar refractivity (Wildman–Crippen MR) is 78.9 cm³/mol. The number of nitrogens with two attached hydrogens (primary N) is 1. The summed E-state index contributed by atoms with van der Waals surface area (Å²) in [7, 11) is 0. The lowest BCUT2D eigenvalue weighted by atomic mass is 10.0. The van der Waals surface area contributed by atoms with Gasteiger partial charge in [-0.15, -0.1) is 0 Å². The van der Waals surface area contributed by atoms with Gasteiger partial charge in [0.05, 0.1) is 0 Å². The highest BCUT2D eigenvalue weighted by Gasteiger charge is 2.30. The summed E-state index contributed by atoms with van der Waals surface area (Å²) in [4.78, 5) is 2.28. The minimum Gasteiger partial charge on any atom is -0.329 e. The van der Waals surface area contributed by atoms with E-state index in [1.165, 1.54) is 17.7 Å². The molecule has 2 aromatic rings. The lowest BCUT2D eigenvalue weighted by Gasteiger charge is -2.23. The van der Waals surface area contributed by atoms with Crippen LogP contribution in [0.4, 0.5) is 4.39 Å². The van der Waals surface area contributed by atoms with Crippen LogP contribution in [0.25, 0.3) is 0 Å². The molecule has 0 amide bonds. The Morgan fingerprint density at radius 2 is 1.95 bits per heavy atom. The van der Waals surface area contributed by atoms with Gasteiger partial charge in [-0.3, -0.25) is 4.90 Å². The van der Waals surface area contributed by atoms with Crippen molar-refractivity contribution in [2.24, 2.45) is 5.73 Å². The molecule has 0 fully saturated rings. The zero-order valence-corrected chi connectivity index (χ0v) is 11.8. The molecule has 2 nitrogen and oxygen atoms in total. The second kappa shape index (κ2) is 5.52. The molecule has 104 valence electrons. The van der Waals surface area contributed by atoms with Crippen molar-refractivity contribution in [1.82, 2.24) is 4.90 Å². The van der Waals surface area contributed by atoms with E-state index in [4.69, 9.17) is 17.3 Å². The van der Waals surface area contributed by atoms with Crippen molar-refractivity contribution in [3.8, 4) is 0 Å². The highest BCUT2D eigenvalue weighted by atomic mass is 35.5. The Labute approximate surface area is 123 Å². The van der Waals surface area contributed by atoms with Crippen molar-refractivity contribution in [3.05, 3.63) is 70.0 Å². The predicted octanol–water partition coefficient (Wildman–Crippen LogP) is 3.49. The third kappa shape index (κ3) is 2.44. The average Bonchev–Trinajstić information content (AvgIpc) is 2.80. The van der Waals surface area contributed by atoms with Gasteiger partial charge in [-0.2, -0.15) is 0 Å². The van der Waals surface area contributed by atoms with Crippen molar-refractivity contribution in [3.63, 3.8) is 0 Å². The van der Waals surface area contributed by atoms with E-state index < -0.39 is 0 Å².